The summed E-state index contributed by atoms with van der Waals surface area (Å²) in [5, 5.41) is 23.9. The molecule has 0 bridgehead atoms. The van der Waals surface area contributed by atoms with Crippen molar-refractivity contribution in [1.82, 2.24) is 29.3 Å². The number of nitrogens with one attached hydrogen (secondary N) is 1. The Kier molecular flexibility index (Phi) is 6.63. The number of ether oxygens (including phenoxy) is 2. The van der Waals surface area contributed by atoms with Crippen molar-refractivity contribution in [2.24, 2.45) is 0 Å². The average molecular weight is 484 g/mol. The van der Waals surface area contributed by atoms with Crippen molar-refractivity contribution < 1.29 is 14.6 Å². The number of halogens is 1. The summed E-state index contributed by atoms with van der Waals surface area (Å²) >= 11 is 6.30. The normalized spacial score (nSPS) is 15.5. The van der Waals surface area contributed by atoms with Crippen LogP contribution in [0, 0.1) is 0 Å². The van der Waals surface area contributed by atoms with Gasteiger partial charge in [-0.2, -0.15) is 10.2 Å². The minimum Gasteiger partial charge on any atom is -0.496 e. The topological polar surface area (TPSA) is 102 Å². The summed E-state index contributed by atoms with van der Waals surface area (Å²) in [5.41, 5.74) is 3.14. The molecule has 0 spiro atoms. The highest BCUT2D eigenvalue weighted by Crippen LogP contribution is 2.37. The smallest absolute Gasteiger partial charge is 0.162 e. The molecule has 0 aliphatic carbocycles. The van der Waals surface area contributed by atoms with Crippen LogP contribution in [0.5, 0.6) is 5.75 Å². The largest absolute Gasteiger partial charge is 0.496 e. The van der Waals surface area contributed by atoms with Crippen LogP contribution in [0.3, 0.4) is 0 Å². The first-order valence-electron chi connectivity index (χ1n) is 11.1. The van der Waals surface area contributed by atoms with E-state index >= 15 is 0 Å². The third kappa shape index (κ3) is 4.71. The first-order chi connectivity index (χ1) is 16.6. The third-order valence-corrected chi connectivity index (χ3v) is 6.06. The Morgan fingerprint density at radius 3 is 2.94 bits per heavy atom. The van der Waals surface area contributed by atoms with Gasteiger partial charge in [-0.3, -0.25) is 9.58 Å². The molecule has 4 heterocycles. The van der Waals surface area contributed by atoms with E-state index in [0.717, 1.165) is 38.4 Å². The van der Waals surface area contributed by atoms with Crippen molar-refractivity contribution in [3.63, 3.8) is 0 Å². The van der Waals surface area contributed by atoms with Gasteiger partial charge in [0.15, 0.2) is 11.9 Å². The van der Waals surface area contributed by atoms with Crippen LogP contribution in [0.1, 0.15) is 11.8 Å². The number of benzene rings is 1. The Bertz CT molecular complexity index is 1270. The molecule has 5 rings (SSSR count). The first-order valence-corrected chi connectivity index (χ1v) is 11.4. The zero-order valence-electron chi connectivity index (χ0n) is 18.8. The van der Waals surface area contributed by atoms with E-state index < -0.39 is 6.23 Å². The number of hydrogen-bond acceptors (Lipinski definition) is 8. The maximum atomic E-state index is 11.0. The van der Waals surface area contributed by atoms with E-state index in [1.54, 1.807) is 48.4 Å². The Balaban J connectivity index is 1.46. The minimum atomic E-state index is -1.05. The lowest BCUT2D eigenvalue weighted by atomic mass is 10.1. The number of aliphatic hydroxyl groups excluding tert-OH is 1. The van der Waals surface area contributed by atoms with Gasteiger partial charge in [-0.05, 0) is 24.3 Å². The highest BCUT2D eigenvalue weighted by molar-refractivity contribution is 6.31. The summed E-state index contributed by atoms with van der Waals surface area (Å²) in [7, 11) is 1.61. The summed E-state index contributed by atoms with van der Waals surface area (Å²) in [6.07, 6.45) is 5.89. The van der Waals surface area contributed by atoms with Crippen LogP contribution in [-0.4, -0.2) is 74.3 Å². The Hall–Kier alpha value is -3.18. The molecular formula is C23H26ClN7O3. The minimum absolute atomic E-state index is 0.561. The van der Waals surface area contributed by atoms with Gasteiger partial charge in [0.05, 0.1) is 44.3 Å². The van der Waals surface area contributed by atoms with E-state index in [1.807, 2.05) is 16.9 Å². The molecule has 0 saturated carbocycles. The van der Waals surface area contributed by atoms with Crippen LogP contribution in [0.4, 0.5) is 5.69 Å². The van der Waals surface area contributed by atoms with Crippen molar-refractivity contribution in [3.8, 4) is 17.0 Å². The Labute approximate surface area is 201 Å². The average Bonchev–Trinajstić information content (AvgIpc) is 3.47. The van der Waals surface area contributed by atoms with Crippen LogP contribution in [0.2, 0.25) is 5.02 Å². The molecule has 11 heteroatoms. The molecule has 0 radical (unpaired) electrons. The standard InChI is InChI=1S/C23H26ClN7O3/c1-33-20-4-3-16(24)13-17(20)21-19(15-30(28-21)8-7-29-9-11-34-12-10-29)27-23(32)18-14-26-31-6-2-5-25-22(18)31/h2-6,13-15,23,27,32H,7-12H2,1H3. The van der Waals surface area contributed by atoms with Crippen molar-refractivity contribution >= 4 is 22.9 Å². The molecule has 1 aliphatic rings. The van der Waals surface area contributed by atoms with Gasteiger partial charge in [-0.25, -0.2) is 9.50 Å². The fraction of sp³-hybridized carbons (Fsp3) is 0.348. The van der Waals surface area contributed by atoms with E-state index in [-0.39, 0.29) is 0 Å². The molecule has 178 valence electrons. The number of aromatic nitrogens is 5. The number of hydrogen-bond donors (Lipinski definition) is 2. The van der Waals surface area contributed by atoms with Crippen LogP contribution in [-0.2, 0) is 11.3 Å². The molecule has 0 amide bonds. The SMILES string of the molecule is COc1ccc(Cl)cc1-c1nn(CCN2CCOCC2)cc1NC(O)c1cnn2cccnc12. The number of methoxy groups -OCH3 is 1. The van der Waals surface area contributed by atoms with Gasteiger partial charge < -0.3 is 19.9 Å². The first kappa shape index (κ1) is 22.6. The maximum Gasteiger partial charge on any atom is 0.162 e. The second kappa shape index (κ2) is 9.98. The van der Waals surface area contributed by atoms with Gasteiger partial charge >= 0.3 is 0 Å². The number of aliphatic hydroxyl groups is 1. The summed E-state index contributed by atoms with van der Waals surface area (Å²) < 4.78 is 14.5. The maximum absolute atomic E-state index is 11.0. The molecule has 1 unspecified atom stereocenters. The monoisotopic (exact) mass is 483 g/mol. The highest BCUT2D eigenvalue weighted by atomic mass is 35.5. The van der Waals surface area contributed by atoms with Gasteiger partial charge in [0.2, 0.25) is 0 Å². The molecule has 1 saturated heterocycles. The number of morpholine rings is 1. The van der Waals surface area contributed by atoms with Crippen LogP contribution >= 0.6 is 11.6 Å². The number of rotatable bonds is 8. The summed E-state index contributed by atoms with van der Waals surface area (Å²) in [5.74, 6) is 0.637. The summed E-state index contributed by atoms with van der Waals surface area (Å²) in [4.78, 5) is 6.68. The zero-order valence-corrected chi connectivity index (χ0v) is 19.5. The van der Waals surface area contributed by atoms with E-state index in [4.69, 9.17) is 26.2 Å². The van der Waals surface area contributed by atoms with Crippen molar-refractivity contribution in [3.05, 3.63) is 59.6 Å². The zero-order chi connectivity index (χ0) is 23.5. The van der Waals surface area contributed by atoms with Crippen LogP contribution < -0.4 is 10.1 Å². The second-order valence-corrected chi connectivity index (χ2v) is 8.42. The van der Waals surface area contributed by atoms with Gasteiger partial charge in [0.25, 0.3) is 0 Å². The highest BCUT2D eigenvalue weighted by Gasteiger charge is 2.21. The third-order valence-electron chi connectivity index (χ3n) is 5.82. The number of anilines is 1. The van der Waals surface area contributed by atoms with Gasteiger partial charge in [-0.1, -0.05) is 11.6 Å². The van der Waals surface area contributed by atoms with E-state index in [2.05, 4.69) is 20.3 Å². The van der Waals surface area contributed by atoms with Crippen molar-refractivity contribution in [2.45, 2.75) is 12.8 Å². The molecule has 1 aliphatic heterocycles. The summed E-state index contributed by atoms with van der Waals surface area (Å²) in [6, 6.07) is 7.17. The molecule has 4 aromatic rings. The lowest BCUT2D eigenvalue weighted by Crippen LogP contribution is -2.38. The predicted octanol–water partition coefficient (Wildman–Crippen LogP) is 2.69. The number of fused-ring (bicyclic) bond motifs is 1. The lowest BCUT2D eigenvalue weighted by molar-refractivity contribution is 0.0360. The van der Waals surface area contributed by atoms with Crippen molar-refractivity contribution in [1.29, 1.82) is 0 Å². The fourth-order valence-electron chi connectivity index (χ4n) is 4.04. The number of nitrogens with zero attached hydrogens (tertiary/aromatic N) is 6. The molecule has 34 heavy (non-hydrogen) atoms. The fourth-order valence-corrected chi connectivity index (χ4v) is 4.21. The Morgan fingerprint density at radius 2 is 2.12 bits per heavy atom. The quantitative estimate of drug-likeness (QED) is 0.369. The van der Waals surface area contributed by atoms with Crippen LogP contribution in [0.25, 0.3) is 16.9 Å². The molecule has 2 N–H and O–H groups in total. The van der Waals surface area contributed by atoms with Crippen LogP contribution in [0.15, 0.2) is 49.1 Å². The summed E-state index contributed by atoms with van der Waals surface area (Å²) in [6.45, 7) is 4.83. The molecule has 10 nitrogen and oxygen atoms in total. The second-order valence-electron chi connectivity index (χ2n) is 7.99. The van der Waals surface area contributed by atoms with Gasteiger partial charge in [0, 0.05) is 48.8 Å². The molecule has 1 atom stereocenters. The van der Waals surface area contributed by atoms with E-state index in [9.17, 15) is 5.11 Å². The van der Waals surface area contributed by atoms with E-state index in [0.29, 0.717) is 39.9 Å². The lowest BCUT2D eigenvalue weighted by Gasteiger charge is -2.26. The van der Waals surface area contributed by atoms with Gasteiger partial charge in [-0.15, -0.1) is 0 Å². The van der Waals surface area contributed by atoms with Gasteiger partial charge in [0.1, 0.15) is 11.4 Å². The predicted molar refractivity (Wildman–Crippen MR) is 128 cm³/mol. The molecular weight excluding hydrogens is 458 g/mol. The molecule has 1 aromatic carbocycles. The van der Waals surface area contributed by atoms with Crippen molar-refractivity contribution in [2.75, 3.05) is 45.3 Å². The Morgan fingerprint density at radius 1 is 1.26 bits per heavy atom. The molecule has 3 aromatic heterocycles. The molecule has 1 fully saturated rings. The van der Waals surface area contributed by atoms with E-state index in [1.165, 1.54) is 0 Å².